The molecular weight excluding hydrogens is 448 g/mol. The van der Waals surface area contributed by atoms with Gasteiger partial charge in [0.2, 0.25) is 27.6 Å². The Bertz CT molecular complexity index is 1180. The number of hydrogen-bond donors (Lipinski definition) is 1. The molecule has 8 nitrogen and oxygen atoms in total. The lowest BCUT2D eigenvalue weighted by Gasteiger charge is -2.17. The molecule has 0 saturated heterocycles. The molecule has 0 atom stereocenters. The van der Waals surface area contributed by atoms with E-state index in [1.165, 1.54) is 37.9 Å². The van der Waals surface area contributed by atoms with Crippen LogP contribution in [0.5, 0.6) is 0 Å². The molecule has 158 valence electrons. The molecule has 1 amide bonds. The van der Waals surface area contributed by atoms with E-state index >= 15 is 0 Å². The summed E-state index contributed by atoms with van der Waals surface area (Å²) in [6, 6.07) is 11.6. The minimum Gasteiger partial charge on any atom is -0.338 e. The highest BCUT2D eigenvalue weighted by Gasteiger charge is 2.24. The normalized spacial score (nSPS) is 11.6. The zero-order valence-electron chi connectivity index (χ0n) is 16.4. The second kappa shape index (κ2) is 9.17. The highest BCUT2D eigenvalue weighted by molar-refractivity contribution is 7.98. The van der Waals surface area contributed by atoms with Gasteiger partial charge in [-0.2, -0.15) is 9.29 Å². The summed E-state index contributed by atoms with van der Waals surface area (Å²) in [4.78, 5) is 16.5. The van der Waals surface area contributed by atoms with Gasteiger partial charge in [0.25, 0.3) is 0 Å². The Morgan fingerprint density at radius 2 is 2.00 bits per heavy atom. The average Bonchev–Trinajstić information content (AvgIpc) is 3.16. The molecule has 3 aromatic rings. The smallest absolute Gasteiger partial charge is 0.243 e. The first-order valence-electron chi connectivity index (χ1n) is 8.72. The standard InChI is InChI=1S/C19H19ClN4O4S2/c1-12(25)21-16-10-13(8-9-17(16)29-3)30(26,27)24(2)11-18-22-19(23-28-18)14-6-4-5-7-15(14)20/h4-10H,11H2,1-3H3,(H,21,25). The van der Waals surface area contributed by atoms with Crippen LogP contribution in [0.15, 0.2) is 56.8 Å². The molecule has 11 heteroatoms. The molecule has 2 aromatic carbocycles. The summed E-state index contributed by atoms with van der Waals surface area (Å²) in [6.45, 7) is 1.24. The number of carbonyl (C=O) groups is 1. The van der Waals surface area contributed by atoms with Crippen LogP contribution in [0, 0.1) is 0 Å². The number of hydrogen-bond acceptors (Lipinski definition) is 7. The number of nitrogens with zero attached hydrogens (tertiary/aromatic N) is 3. The van der Waals surface area contributed by atoms with E-state index < -0.39 is 10.0 Å². The van der Waals surface area contributed by atoms with Crippen molar-refractivity contribution in [2.24, 2.45) is 0 Å². The van der Waals surface area contributed by atoms with Crippen LogP contribution in [0.1, 0.15) is 12.8 Å². The minimum atomic E-state index is -3.87. The highest BCUT2D eigenvalue weighted by atomic mass is 35.5. The Balaban J connectivity index is 1.84. The Labute approximate surface area is 183 Å². The number of halogens is 1. The lowest BCUT2D eigenvalue weighted by molar-refractivity contribution is -0.114. The van der Waals surface area contributed by atoms with E-state index in [-0.39, 0.29) is 29.1 Å². The van der Waals surface area contributed by atoms with Crippen LogP contribution in [0.3, 0.4) is 0 Å². The monoisotopic (exact) mass is 466 g/mol. The number of thioether (sulfide) groups is 1. The van der Waals surface area contributed by atoms with E-state index in [1.54, 1.807) is 30.3 Å². The molecule has 0 aliphatic heterocycles. The Kier molecular flexibility index (Phi) is 6.81. The third kappa shape index (κ3) is 4.84. The van der Waals surface area contributed by atoms with Gasteiger partial charge in [-0.05, 0) is 36.6 Å². The summed E-state index contributed by atoms with van der Waals surface area (Å²) in [6.07, 6.45) is 1.84. The number of carbonyl (C=O) groups excluding carboxylic acids is 1. The van der Waals surface area contributed by atoms with Gasteiger partial charge in [-0.15, -0.1) is 11.8 Å². The largest absolute Gasteiger partial charge is 0.338 e. The first kappa shape index (κ1) is 22.3. The van der Waals surface area contributed by atoms with Crippen LogP contribution in [-0.4, -0.2) is 42.1 Å². The highest BCUT2D eigenvalue weighted by Crippen LogP contribution is 2.30. The molecular formula is C19H19ClN4O4S2. The van der Waals surface area contributed by atoms with Crippen molar-refractivity contribution in [3.05, 3.63) is 53.4 Å². The predicted octanol–water partition coefficient (Wildman–Crippen LogP) is 3.89. The van der Waals surface area contributed by atoms with Crippen LogP contribution in [-0.2, 0) is 21.4 Å². The molecule has 0 fully saturated rings. The van der Waals surface area contributed by atoms with Gasteiger partial charge < -0.3 is 9.84 Å². The van der Waals surface area contributed by atoms with Gasteiger partial charge in [0.05, 0.1) is 22.2 Å². The van der Waals surface area contributed by atoms with E-state index in [4.69, 9.17) is 16.1 Å². The van der Waals surface area contributed by atoms with Crippen LogP contribution >= 0.6 is 23.4 Å². The SMILES string of the molecule is CSc1ccc(S(=O)(=O)N(C)Cc2nc(-c3ccccc3Cl)no2)cc1NC(C)=O. The molecule has 0 aliphatic rings. The first-order chi connectivity index (χ1) is 14.2. The molecule has 0 aliphatic carbocycles. The van der Waals surface area contributed by atoms with Crippen molar-refractivity contribution in [3.63, 3.8) is 0 Å². The zero-order chi connectivity index (χ0) is 21.9. The quantitative estimate of drug-likeness (QED) is 0.526. The number of amides is 1. The summed E-state index contributed by atoms with van der Waals surface area (Å²) in [5, 5.41) is 7.00. The Hall–Kier alpha value is -2.40. The molecule has 1 heterocycles. The fourth-order valence-corrected chi connectivity index (χ4v) is 4.56. The van der Waals surface area contributed by atoms with Gasteiger partial charge in [-0.25, -0.2) is 8.42 Å². The lowest BCUT2D eigenvalue weighted by Crippen LogP contribution is -2.26. The molecule has 1 N–H and O–H groups in total. The second-order valence-corrected chi connectivity index (χ2v) is 9.60. The summed E-state index contributed by atoms with van der Waals surface area (Å²) >= 11 is 7.54. The number of anilines is 1. The fraction of sp³-hybridized carbons (Fsp3) is 0.211. The second-order valence-electron chi connectivity index (χ2n) is 6.30. The molecule has 0 saturated carbocycles. The minimum absolute atomic E-state index is 0.0393. The molecule has 0 bridgehead atoms. The van der Waals surface area contributed by atoms with E-state index in [0.717, 1.165) is 9.20 Å². The molecule has 3 rings (SSSR count). The predicted molar refractivity (Wildman–Crippen MR) is 116 cm³/mol. The number of aromatic nitrogens is 2. The van der Waals surface area contributed by atoms with Crippen molar-refractivity contribution in [1.82, 2.24) is 14.4 Å². The van der Waals surface area contributed by atoms with E-state index in [1.807, 2.05) is 6.26 Å². The fourth-order valence-electron chi connectivity index (χ4n) is 2.66. The van der Waals surface area contributed by atoms with Gasteiger partial charge in [0.1, 0.15) is 0 Å². The van der Waals surface area contributed by atoms with Crippen LogP contribution in [0.2, 0.25) is 5.02 Å². The van der Waals surface area contributed by atoms with Gasteiger partial charge >= 0.3 is 0 Å². The van der Waals surface area contributed by atoms with Crippen molar-refractivity contribution in [2.45, 2.75) is 23.3 Å². The summed E-state index contributed by atoms with van der Waals surface area (Å²) in [5.41, 5.74) is 1.02. The van der Waals surface area contributed by atoms with Crippen molar-refractivity contribution in [3.8, 4) is 11.4 Å². The maximum absolute atomic E-state index is 13.0. The number of sulfonamides is 1. The van der Waals surface area contributed by atoms with Gasteiger partial charge in [0.15, 0.2) is 0 Å². The summed E-state index contributed by atoms with van der Waals surface area (Å²) in [7, 11) is -2.45. The third-order valence-corrected chi connectivity index (χ3v) is 7.06. The Morgan fingerprint density at radius 3 is 2.67 bits per heavy atom. The Morgan fingerprint density at radius 1 is 1.27 bits per heavy atom. The zero-order valence-corrected chi connectivity index (χ0v) is 18.8. The van der Waals surface area contributed by atoms with Crippen molar-refractivity contribution >= 4 is 45.0 Å². The van der Waals surface area contributed by atoms with E-state index in [9.17, 15) is 13.2 Å². The third-order valence-electron chi connectivity index (χ3n) is 4.13. The molecule has 0 unspecified atom stereocenters. The number of nitrogens with one attached hydrogen (secondary N) is 1. The van der Waals surface area contributed by atoms with Crippen LogP contribution in [0.4, 0.5) is 5.69 Å². The maximum atomic E-state index is 13.0. The lowest BCUT2D eigenvalue weighted by atomic mass is 10.2. The maximum Gasteiger partial charge on any atom is 0.243 e. The summed E-state index contributed by atoms with van der Waals surface area (Å²) < 4.78 is 32.3. The molecule has 30 heavy (non-hydrogen) atoms. The topological polar surface area (TPSA) is 105 Å². The number of rotatable bonds is 7. The molecule has 0 spiro atoms. The first-order valence-corrected chi connectivity index (χ1v) is 11.8. The van der Waals surface area contributed by atoms with Crippen LogP contribution < -0.4 is 5.32 Å². The summed E-state index contributed by atoms with van der Waals surface area (Å²) in [5.74, 6) is 0.114. The molecule has 0 radical (unpaired) electrons. The van der Waals surface area contributed by atoms with Crippen molar-refractivity contribution in [1.29, 1.82) is 0 Å². The van der Waals surface area contributed by atoms with Crippen LogP contribution in [0.25, 0.3) is 11.4 Å². The van der Waals surface area contributed by atoms with Gasteiger partial charge in [-0.3, -0.25) is 4.79 Å². The number of benzene rings is 2. The van der Waals surface area contributed by atoms with E-state index in [0.29, 0.717) is 16.3 Å². The van der Waals surface area contributed by atoms with Gasteiger partial charge in [0, 0.05) is 24.4 Å². The average molecular weight is 467 g/mol. The van der Waals surface area contributed by atoms with Crippen molar-refractivity contribution < 1.29 is 17.7 Å². The van der Waals surface area contributed by atoms with E-state index in [2.05, 4.69) is 15.5 Å². The molecule has 1 aromatic heterocycles. The van der Waals surface area contributed by atoms with Crippen molar-refractivity contribution in [2.75, 3.05) is 18.6 Å². The van der Waals surface area contributed by atoms with Gasteiger partial charge in [-0.1, -0.05) is 28.9 Å².